The molecule has 0 bridgehead atoms. The Balaban J connectivity index is 2.54. The first-order valence-electron chi connectivity index (χ1n) is 3.03. The molecule has 46 valence electrons. The molecule has 0 radical (unpaired) electrons. The van der Waals surface area contributed by atoms with Crippen molar-refractivity contribution in [3.8, 4) is 0 Å². The molecular formula is C6H8N2Si. The van der Waals surface area contributed by atoms with Crippen LogP contribution < -0.4 is 15.7 Å². The third-order valence-corrected chi connectivity index (χ3v) is 2.87. The summed E-state index contributed by atoms with van der Waals surface area (Å²) < 4.78 is 0. The SMILES string of the molecule is c1ccc2c(c1)NN[SiH2]2. The zero-order chi connectivity index (χ0) is 6.10. The summed E-state index contributed by atoms with van der Waals surface area (Å²) in [6.45, 7) is 0. The molecule has 1 aliphatic heterocycles. The molecule has 0 unspecified atom stereocenters. The molecule has 1 heterocycles. The summed E-state index contributed by atoms with van der Waals surface area (Å²) in [5.74, 6) is 0. The second-order valence-corrected chi connectivity index (χ2v) is 3.60. The van der Waals surface area contributed by atoms with E-state index >= 15 is 0 Å². The maximum atomic E-state index is 3.18. The average Bonchev–Trinajstić information content (AvgIpc) is 2.33. The highest BCUT2D eigenvalue weighted by Crippen LogP contribution is 2.02. The number of fused-ring (bicyclic) bond motifs is 1. The molecule has 1 aromatic carbocycles. The number of benzene rings is 1. The minimum atomic E-state index is -0.170. The Morgan fingerprint density at radius 3 is 3.00 bits per heavy atom. The molecule has 0 fully saturated rings. The van der Waals surface area contributed by atoms with E-state index in [0.29, 0.717) is 0 Å². The summed E-state index contributed by atoms with van der Waals surface area (Å²) in [6, 6.07) is 8.41. The van der Waals surface area contributed by atoms with Gasteiger partial charge < -0.3 is 5.43 Å². The molecule has 3 heteroatoms. The quantitative estimate of drug-likeness (QED) is 0.462. The van der Waals surface area contributed by atoms with Gasteiger partial charge in [0.15, 0.2) is 0 Å². The first kappa shape index (κ1) is 5.02. The Hall–Kier alpha value is -0.803. The van der Waals surface area contributed by atoms with Crippen LogP contribution in [0, 0.1) is 0 Å². The minimum absolute atomic E-state index is 0.170. The fraction of sp³-hybridized carbons (Fsp3) is 0. The highest BCUT2D eigenvalue weighted by molar-refractivity contribution is 6.55. The molecule has 0 amide bonds. The van der Waals surface area contributed by atoms with Gasteiger partial charge >= 0.3 is 0 Å². The molecule has 2 N–H and O–H groups in total. The number of para-hydroxylation sites is 1. The predicted octanol–water partition coefficient (Wildman–Crippen LogP) is -0.674. The zero-order valence-electron chi connectivity index (χ0n) is 5.02. The van der Waals surface area contributed by atoms with Gasteiger partial charge in [0.1, 0.15) is 9.68 Å². The summed E-state index contributed by atoms with van der Waals surface area (Å²) in [5, 5.41) is 4.66. The summed E-state index contributed by atoms with van der Waals surface area (Å²) in [7, 11) is -0.170. The molecule has 9 heavy (non-hydrogen) atoms. The first-order valence-corrected chi connectivity index (χ1v) is 4.45. The van der Waals surface area contributed by atoms with Crippen LogP contribution in [0.2, 0.25) is 0 Å². The third kappa shape index (κ3) is 0.741. The number of hydrazine groups is 1. The van der Waals surface area contributed by atoms with Gasteiger partial charge in [0.2, 0.25) is 0 Å². The Morgan fingerprint density at radius 1 is 1.22 bits per heavy atom. The number of anilines is 1. The van der Waals surface area contributed by atoms with Gasteiger partial charge in [0.25, 0.3) is 0 Å². The van der Waals surface area contributed by atoms with Crippen molar-refractivity contribution in [2.45, 2.75) is 0 Å². The van der Waals surface area contributed by atoms with Crippen molar-refractivity contribution in [3.05, 3.63) is 24.3 Å². The first-order chi connectivity index (χ1) is 4.47. The molecule has 0 saturated carbocycles. The van der Waals surface area contributed by atoms with Crippen LogP contribution in [0.1, 0.15) is 0 Å². The van der Waals surface area contributed by atoms with Crippen LogP contribution in [0.5, 0.6) is 0 Å². The van der Waals surface area contributed by atoms with Crippen molar-refractivity contribution >= 4 is 20.6 Å². The van der Waals surface area contributed by atoms with E-state index in [1.54, 1.807) is 0 Å². The van der Waals surface area contributed by atoms with Crippen molar-refractivity contribution in [2.24, 2.45) is 0 Å². The standard InChI is InChI=1S/C6H8N2Si/c1-2-4-6-5(3-1)7-8-9-6/h1-4,7-8H,9H2. The van der Waals surface area contributed by atoms with Crippen molar-refractivity contribution < 1.29 is 0 Å². The highest BCUT2D eigenvalue weighted by atomic mass is 28.2. The Labute approximate surface area is 56.1 Å². The predicted molar refractivity (Wildman–Crippen MR) is 41.4 cm³/mol. The molecule has 1 aliphatic rings. The second-order valence-electron chi connectivity index (χ2n) is 2.14. The second kappa shape index (κ2) is 1.86. The summed E-state index contributed by atoms with van der Waals surface area (Å²) in [6.07, 6.45) is 0. The van der Waals surface area contributed by atoms with E-state index in [9.17, 15) is 0 Å². The lowest BCUT2D eigenvalue weighted by Gasteiger charge is -1.94. The van der Waals surface area contributed by atoms with Gasteiger partial charge in [-0.3, -0.25) is 5.09 Å². The largest absolute Gasteiger partial charge is 0.328 e. The molecule has 0 atom stereocenters. The maximum absolute atomic E-state index is 3.18. The van der Waals surface area contributed by atoms with Crippen LogP contribution >= 0.6 is 0 Å². The van der Waals surface area contributed by atoms with Gasteiger partial charge in [0.05, 0.1) is 0 Å². The minimum Gasteiger partial charge on any atom is -0.328 e. The molecule has 1 aromatic rings. The van der Waals surface area contributed by atoms with Crippen LogP contribution in [-0.4, -0.2) is 9.68 Å². The number of rotatable bonds is 0. The summed E-state index contributed by atoms with van der Waals surface area (Å²) in [5.41, 5.74) is 4.38. The lowest BCUT2D eigenvalue weighted by atomic mass is 10.3. The molecular weight excluding hydrogens is 128 g/mol. The number of hydrogen-bond acceptors (Lipinski definition) is 2. The average molecular weight is 136 g/mol. The summed E-state index contributed by atoms with van der Waals surface area (Å²) >= 11 is 0. The van der Waals surface area contributed by atoms with Crippen molar-refractivity contribution in [3.63, 3.8) is 0 Å². The van der Waals surface area contributed by atoms with Crippen LogP contribution in [0.25, 0.3) is 0 Å². The van der Waals surface area contributed by atoms with Crippen LogP contribution in [-0.2, 0) is 0 Å². The van der Waals surface area contributed by atoms with E-state index < -0.39 is 0 Å². The molecule has 0 aromatic heterocycles. The van der Waals surface area contributed by atoms with Gasteiger partial charge in [0, 0.05) is 5.69 Å². The van der Waals surface area contributed by atoms with Crippen molar-refractivity contribution in [1.29, 1.82) is 0 Å². The van der Waals surface area contributed by atoms with Crippen molar-refractivity contribution in [1.82, 2.24) is 5.09 Å². The molecule has 2 rings (SSSR count). The van der Waals surface area contributed by atoms with E-state index in [0.717, 1.165) is 0 Å². The highest BCUT2D eigenvalue weighted by Gasteiger charge is 2.06. The smallest absolute Gasteiger partial charge is 0.150 e. The normalized spacial score (nSPS) is 17.3. The van der Waals surface area contributed by atoms with Gasteiger partial charge in [-0.2, -0.15) is 0 Å². The van der Waals surface area contributed by atoms with Gasteiger partial charge in [-0.15, -0.1) is 0 Å². The topological polar surface area (TPSA) is 24.1 Å². The summed E-state index contributed by atoms with van der Waals surface area (Å²) in [4.78, 5) is 0. The van der Waals surface area contributed by atoms with E-state index in [-0.39, 0.29) is 9.68 Å². The number of hydrogen-bond donors (Lipinski definition) is 2. The lowest BCUT2D eigenvalue weighted by molar-refractivity contribution is 1.22. The van der Waals surface area contributed by atoms with Crippen LogP contribution in [0.4, 0.5) is 5.69 Å². The molecule has 0 spiro atoms. The van der Waals surface area contributed by atoms with E-state index in [1.165, 1.54) is 10.9 Å². The molecule has 0 saturated heterocycles. The molecule has 0 aliphatic carbocycles. The van der Waals surface area contributed by atoms with Gasteiger partial charge in [-0.25, -0.2) is 0 Å². The van der Waals surface area contributed by atoms with Gasteiger partial charge in [-0.05, 0) is 11.3 Å². The Kier molecular flexibility index (Phi) is 1.04. The fourth-order valence-electron chi connectivity index (χ4n) is 1.03. The molecule has 2 nitrogen and oxygen atoms in total. The number of nitrogens with one attached hydrogen (secondary N) is 2. The Morgan fingerprint density at radius 2 is 2.11 bits per heavy atom. The van der Waals surface area contributed by atoms with Crippen LogP contribution in [0.15, 0.2) is 24.3 Å². The lowest BCUT2D eigenvalue weighted by Crippen LogP contribution is -2.21. The third-order valence-electron chi connectivity index (χ3n) is 1.52. The maximum Gasteiger partial charge on any atom is 0.150 e. The zero-order valence-corrected chi connectivity index (χ0v) is 6.43. The Bertz CT molecular complexity index is 201. The van der Waals surface area contributed by atoms with E-state index in [1.807, 2.05) is 6.07 Å². The fourth-order valence-corrected chi connectivity index (χ4v) is 2.15. The van der Waals surface area contributed by atoms with E-state index in [2.05, 4.69) is 28.7 Å². The monoisotopic (exact) mass is 136 g/mol. The van der Waals surface area contributed by atoms with Crippen molar-refractivity contribution in [2.75, 3.05) is 5.43 Å². The van der Waals surface area contributed by atoms with Crippen LogP contribution in [0.3, 0.4) is 0 Å². The van der Waals surface area contributed by atoms with E-state index in [4.69, 9.17) is 0 Å². The van der Waals surface area contributed by atoms with Gasteiger partial charge in [-0.1, -0.05) is 18.2 Å².